The summed E-state index contributed by atoms with van der Waals surface area (Å²) in [6.07, 6.45) is 1.91. The summed E-state index contributed by atoms with van der Waals surface area (Å²) in [5.74, 6) is 0.282. The van der Waals surface area contributed by atoms with Crippen LogP contribution in [0.3, 0.4) is 0 Å². The Morgan fingerprint density at radius 3 is 1.66 bits per heavy atom. The number of aromatic nitrogens is 3. The number of pyridine rings is 2. The molecule has 9 rings (SSSR count). The second-order valence-electron chi connectivity index (χ2n) is 19.8. The second kappa shape index (κ2) is 15.3. The van der Waals surface area contributed by atoms with E-state index in [1.807, 2.05) is 12.3 Å². The van der Waals surface area contributed by atoms with E-state index in [-0.39, 0.29) is 22.0 Å². The van der Waals surface area contributed by atoms with Gasteiger partial charge in [-0.25, -0.2) is 4.98 Å². The molecule has 9 aromatic rings. The first-order valence-electron chi connectivity index (χ1n) is 21.7. The highest BCUT2D eigenvalue weighted by atomic mass is 16.3. The van der Waals surface area contributed by atoms with Gasteiger partial charge < -0.3 is 5.11 Å². The van der Waals surface area contributed by atoms with Crippen LogP contribution in [0.1, 0.15) is 79.0 Å². The molecule has 0 fully saturated rings. The number of aromatic hydroxyl groups is 1. The number of hydrogen-bond donors (Lipinski definition) is 1. The average Bonchev–Trinajstić information content (AvgIpc) is 3.59. The Hall–Kier alpha value is -6.78. The van der Waals surface area contributed by atoms with Crippen molar-refractivity contribution in [1.82, 2.24) is 14.5 Å². The monoisotopic (exact) mass is 809 g/mol. The molecule has 3 heterocycles. The molecule has 4 heteroatoms. The van der Waals surface area contributed by atoms with E-state index >= 15 is 0 Å². The van der Waals surface area contributed by atoms with Gasteiger partial charge in [-0.2, -0.15) is 0 Å². The van der Waals surface area contributed by atoms with Crippen molar-refractivity contribution in [2.45, 2.75) is 78.6 Å². The topological polar surface area (TPSA) is 50.9 Å². The molecule has 0 radical (unpaired) electrons. The molecule has 1 N–H and O–H groups in total. The van der Waals surface area contributed by atoms with Gasteiger partial charge in [0.05, 0.1) is 16.9 Å². The fraction of sp³-hybridized carbons (Fsp3) is 0.207. The molecule has 0 unspecified atom stereocenters. The van der Waals surface area contributed by atoms with Crippen LogP contribution in [0.25, 0.3) is 83.5 Å². The zero-order valence-electron chi connectivity index (χ0n) is 37.4. The Kier molecular flexibility index (Phi) is 10.0. The number of nitrogens with zero attached hydrogens (tertiary/aromatic N) is 3. The Bertz CT molecular complexity index is 3100. The van der Waals surface area contributed by atoms with Gasteiger partial charge in [0.25, 0.3) is 0 Å². The van der Waals surface area contributed by atoms with Crippen molar-refractivity contribution in [3.05, 3.63) is 181 Å². The Morgan fingerprint density at radius 2 is 1.03 bits per heavy atom. The van der Waals surface area contributed by atoms with Crippen LogP contribution >= 0.6 is 0 Å². The maximum atomic E-state index is 12.0. The van der Waals surface area contributed by atoms with E-state index in [2.05, 4.69) is 219 Å². The van der Waals surface area contributed by atoms with E-state index in [1.54, 1.807) is 0 Å². The molecule has 62 heavy (non-hydrogen) atoms. The van der Waals surface area contributed by atoms with Crippen molar-refractivity contribution in [2.75, 3.05) is 0 Å². The maximum absolute atomic E-state index is 12.0. The van der Waals surface area contributed by atoms with Crippen LogP contribution in [0.15, 0.2) is 164 Å². The summed E-state index contributed by atoms with van der Waals surface area (Å²) >= 11 is 0. The number of rotatable bonds is 6. The standard InChI is InChI=1S/C58H55N3O/c1-56(2,3)44-24-27-53-48(34-44)47-25-26-51(49-35-45(57(4,5)6)36-50(54(49)62)58(7,8)9)60-55(47)61(53)46-31-42(38-18-14-11-15-19-38)30-43(32-46)52-33-41(28-29-59-52)40-22-20-39(21-23-40)37-16-12-10-13-17-37/h10-36,62H,1-9H3. The van der Waals surface area contributed by atoms with Crippen molar-refractivity contribution in [1.29, 1.82) is 0 Å². The van der Waals surface area contributed by atoms with Crippen LogP contribution in [0.4, 0.5) is 0 Å². The summed E-state index contributed by atoms with van der Waals surface area (Å²) in [4.78, 5) is 10.5. The minimum absolute atomic E-state index is 0.0442. The van der Waals surface area contributed by atoms with Gasteiger partial charge in [0.15, 0.2) is 0 Å². The molecule has 0 aliphatic heterocycles. The molecule has 308 valence electrons. The predicted octanol–water partition coefficient (Wildman–Crippen LogP) is 15.5. The maximum Gasteiger partial charge on any atom is 0.146 e. The lowest BCUT2D eigenvalue weighted by Crippen LogP contribution is -2.17. The highest BCUT2D eigenvalue weighted by Gasteiger charge is 2.27. The molecule has 0 amide bonds. The smallest absolute Gasteiger partial charge is 0.146 e. The van der Waals surface area contributed by atoms with Crippen LogP contribution in [0, 0.1) is 0 Å². The lowest BCUT2D eigenvalue weighted by atomic mass is 9.78. The lowest BCUT2D eigenvalue weighted by molar-refractivity contribution is 0.446. The third kappa shape index (κ3) is 7.71. The van der Waals surface area contributed by atoms with E-state index in [9.17, 15) is 5.11 Å². The van der Waals surface area contributed by atoms with E-state index in [4.69, 9.17) is 9.97 Å². The largest absolute Gasteiger partial charge is 0.507 e. The third-order valence-electron chi connectivity index (χ3n) is 12.2. The van der Waals surface area contributed by atoms with Gasteiger partial charge >= 0.3 is 0 Å². The van der Waals surface area contributed by atoms with Gasteiger partial charge in [-0.15, -0.1) is 0 Å². The van der Waals surface area contributed by atoms with Crippen LogP contribution in [0.5, 0.6) is 5.75 Å². The third-order valence-corrected chi connectivity index (χ3v) is 12.2. The van der Waals surface area contributed by atoms with Crippen LogP contribution in [-0.2, 0) is 16.2 Å². The van der Waals surface area contributed by atoms with Crippen LogP contribution < -0.4 is 0 Å². The summed E-state index contributed by atoms with van der Waals surface area (Å²) < 4.78 is 2.30. The Labute approximate surface area is 366 Å². The molecule has 0 saturated heterocycles. The molecule has 0 bridgehead atoms. The number of phenolic OH excluding ortho intramolecular Hbond substituents is 1. The van der Waals surface area contributed by atoms with Gasteiger partial charge in [-0.1, -0.05) is 159 Å². The van der Waals surface area contributed by atoms with Crippen LogP contribution in [0.2, 0.25) is 0 Å². The van der Waals surface area contributed by atoms with E-state index in [0.717, 1.165) is 83.5 Å². The first kappa shape index (κ1) is 40.6. The Balaban J connectivity index is 1.27. The van der Waals surface area contributed by atoms with Gasteiger partial charge in [0, 0.05) is 39.3 Å². The molecule has 6 aromatic carbocycles. The minimum Gasteiger partial charge on any atom is -0.507 e. The first-order valence-corrected chi connectivity index (χ1v) is 21.7. The number of phenols is 1. The Morgan fingerprint density at radius 1 is 0.435 bits per heavy atom. The van der Waals surface area contributed by atoms with Crippen LogP contribution in [-0.4, -0.2) is 19.6 Å². The molecule has 0 spiro atoms. The van der Waals surface area contributed by atoms with E-state index < -0.39 is 0 Å². The lowest BCUT2D eigenvalue weighted by Gasteiger charge is -2.27. The summed E-state index contributed by atoms with van der Waals surface area (Å²) in [5.41, 5.74) is 16.0. The zero-order chi connectivity index (χ0) is 43.6. The first-order chi connectivity index (χ1) is 29.5. The quantitative estimate of drug-likeness (QED) is 0.182. The number of fused-ring (bicyclic) bond motifs is 3. The average molecular weight is 810 g/mol. The van der Waals surface area contributed by atoms with Gasteiger partial charge in [0.1, 0.15) is 11.4 Å². The molecular formula is C58H55N3O. The highest BCUT2D eigenvalue weighted by Crippen LogP contribution is 2.44. The molecule has 4 nitrogen and oxygen atoms in total. The molecule has 0 aliphatic carbocycles. The molecule has 0 aliphatic rings. The van der Waals surface area contributed by atoms with E-state index in [0.29, 0.717) is 0 Å². The summed E-state index contributed by atoms with van der Waals surface area (Å²) in [6.45, 7) is 19.9. The summed E-state index contributed by atoms with van der Waals surface area (Å²) in [6, 6.07) is 56.3. The molecule has 0 saturated carbocycles. The fourth-order valence-electron chi connectivity index (χ4n) is 8.54. The summed E-state index contributed by atoms with van der Waals surface area (Å²) in [5, 5.41) is 14.2. The number of hydrogen-bond acceptors (Lipinski definition) is 3. The SMILES string of the molecule is CC(C)(C)c1cc(-c2ccc3c4cc(C(C)(C)C)ccc4n(-c4cc(-c5ccccc5)cc(-c5cc(-c6ccc(-c7ccccc7)cc6)ccn5)c4)c3n2)c(O)c(C(C)(C)C)c1. The minimum atomic E-state index is -0.270. The van der Waals surface area contributed by atoms with E-state index in [1.165, 1.54) is 16.7 Å². The van der Waals surface area contributed by atoms with Gasteiger partial charge in [0.2, 0.25) is 0 Å². The fourth-order valence-corrected chi connectivity index (χ4v) is 8.54. The van der Waals surface area contributed by atoms with Crippen molar-refractivity contribution in [2.24, 2.45) is 0 Å². The van der Waals surface area contributed by atoms with Gasteiger partial charge in [-0.05, 0) is 121 Å². The van der Waals surface area contributed by atoms with Crippen molar-refractivity contribution in [3.63, 3.8) is 0 Å². The summed E-state index contributed by atoms with van der Waals surface area (Å²) in [7, 11) is 0. The van der Waals surface area contributed by atoms with Crippen molar-refractivity contribution in [3.8, 4) is 67.3 Å². The molecular weight excluding hydrogens is 755 g/mol. The zero-order valence-corrected chi connectivity index (χ0v) is 37.4. The molecule has 3 aromatic heterocycles. The normalized spacial score (nSPS) is 12.3. The highest BCUT2D eigenvalue weighted by molar-refractivity contribution is 6.09. The number of benzene rings is 6. The second-order valence-corrected chi connectivity index (χ2v) is 19.8. The molecule has 0 atom stereocenters. The van der Waals surface area contributed by atoms with Crippen molar-refractivity contribution < 1.29 is 5.11 Å². The van der Waals surface area contributed by atoms with Crippen molar-refractivity contribution >= 4 is 21.9 Å². The predicted molar refractivity (Wildman–Crippen MR) is 261 cm³/mol. The van der Waals surface area contributed by atoms with Gasteiger partial charge in [-0.3, -0.25) is 9.55 Å².